The summed E-state index contributed by atoms with van der Waals surface area (Å²) in [4.78, 5) is 0. The largest absolute Gasteiger partial charge is 0.497 e. The maximum Gasteiger partial charge on any atom is 0.127 e. The summed E-state index contributed by atoms with van der Waals surface area (Å²) in [5.74, 6) is 2.33. The lowest BCUT2D eigenvalue weighted by molar-refractivity contribution is 0.363. The van der Waals surface area contributed by atoms with Crippen LogP contribution in [0.3, 0.4) is 0 Å². The lowest BCUT2D eigenvalue weighted by Crippen LogP contribution is -2.27. The summed E-state index contributed by atoms with van der Waals surface area (Å²) < 4.78 is 10.7. The lowest BCUT2D eigenvalue weighted by atomic mass is 9.91. The maximum absolute atomic E-state index is 5.49. The number of nitrogens with one attached hydrogen (secondary N) is 2. The van der Waals surface area contributed by atoms with Crippen molar-refractivity contribution in [3.63, 3.8) is 0 Å². The molecule has 2 atom stereocenters. The third-order valence-electron chi connectivity index (χ3n) is 3.66. The molecule has 2 rings (SSSR count). The van der Waals surface area contributed by atoms with Crippen LogP contribution in [-0.4, -0.2) is 34.4 Å². The first-order valence-corrected chi connectivity index (χ1v) is 6.40. The quantitative estimate of drug-likeness (QED) is 0.832. The van der Waals surface area contributed by atoms with Crippen molar-refractivity contribution in [1.29, 1.82) is 0 Å². The van der Waals surface area contributed by atoms with Crippen LogP contribution in [0.1, 0.15) is 18.0 Å². The zero-order valence-corrected chi connectivity index (χ0v) is 11.3. The van der Waals surface area contributed by atoms with Crippen molar-refractivity contribution in [2.75, 3.05) is 34.4 Å². The Morgan fingerprint density at radius 3 is 2.72 bits per heavy atom. The molecule has 2 unspecified atom stereocenters. The van der Waals surface area contributed by atoms with E-state index >= 15 is 0 Å². The predicted octanol–water partition coefficient (Wildman–Crippen LogP) is 1.57. The van der Waals surface area contributed by atoms with Gasteiger partial charge in [-0.1, -0.05) is 6.07 Å². The maximum atomic E-state index is 5.49. The van der Waals surface area contributed by atoms with Crippen LogP contribution in [0.25, 0.3) is 0 Å². The Labute approximate surface area is 109 Å². The predicted molar refractivity (Wildman–Crippen MR) is 72.3 cm³/mol. The van der Waals surface area contributed by atoms with E-state index in [0.29, 0.717) is 12.0 Å². The van der Waals surface area contributed by atoms with Gasteiger partial charge in [0.1, 0.15) is 11.5 Å². The molecule has 0 saturated carbocycles. The molecule has 4 nitrogen and oxygen atoms in total. The molecule has 1 saturated heterocycles. The van der Waals surface area contributed by atoms with Crippen molar-refractivity contribution < 1.29 is 9.47 Å². The molecule has 1 aromatic rings. The third kappa shape index (κ3) is 2.60. The van der Waals surface area contributed by atoms with Crippen LogP contribution in [-0.2, 0) is 0 Å². The number of benzene rings is 1. The van der Waals surface area contributed by atoms with Crippen LogP contribution in [0.5, 0.6) is 11.5 Å². The molecule has 1 heterocycles. The number of ether oxygens (including phenoxy) is 2. The van der Waals surface area contributed by atoms with Crippen LogP contribution >= 0.6 is 0 Å². The van der Waals surface area contributed by atoms with E-state index in [1.807, 2.05) is 19.2 Å². The molecule has 0 amide bonds. The van der Waals surface area contributed by atoms with Gasteiger partial charge in [-0.05, 0) is 38.5 Å². The van der Waals surface area contributed by atoms with E-state index < -0.39 is 0 Å². The fourth-order valence-electron chi connectivity index (χ4n) is 2.68. The monoisotopic (exact) mass is 250 g/mol. The van der Waals surface area contributed by atoms with Gasteiger partial charge in [0.2, 0.25) is 0 Å². The number of methoxy groups -OCH3 is 2. The summed E-state index contributed by atoms with van der Waals surface area (Å²) >= 11 is 0. The molecule has 0 spiro atoms. The van der Waals surface area contributed by atoms with E-state index in [1.54, 1.807) is 14.2 Å². The highest BCUT2D eigenvalue weighted by atomic mass is 16.5. The van der Waals surface area contributed by atoms with Gasteiger partial charge in [0.15, 0.2) is 0 Å². The van der Waals surface area contributed by atoms with E-state index in [-0.39, 0.29) is 0 Å². The van der Waals surface area contributed by atoms with Gasteiger partial charge in [-0.15, -0.1) is 0 Å². The fourth-order valence-corrected chi connectivity index (χ4v) is 2.68. The average Bonchev–Trinajstić information content (AvgIpc) is 2.94. The second-order valence-corrected chi connectivity index (χ2v) is 4.63. The highest BCUT2D eigenvalue weighted by Crippen LogP contribution is 2.34. The molecule has 0 aliphatic carbocycles. The highest BCUT2D eigenvalue weighted by Gasteiger charge is 2.27. The first-order valence-electron chi connectivity index (χ1n) is 6.40. The van der Waals surface area contributed by atoms with Gasteiger partial charge >= 0.3 is 0 Å². The first-order chi connectivity index (χ1) is 8.80. The molecule has 1 aliphatic rings. The molecule has 1 fully saturated rings. The van der Waals surface area contributed by atoms with Gasteiger partial charge in [-0.3, -0.25) is 0 Å². The van der Waals surface area contributed by atoms with E-state index in [4.69, 9.17) is 9.47 Å². The second kappa shape index (κ2) is 6.07. The third-order valence-corrected chi connectivity index (χ3v) is 3.66. The van der Waals surface area contributed by atoms with Crippen LogP contribution in [0.15, 0.2) is 18.2 Å². The molecule has 2 N–H and O–H groups in total. The lowest BCUT2D eigenvalue weighted by Gasteiger charge is -2.25. The Hall–Kier alpha value is -1.26. The van der Waals surface area contributed by atoms with Gasteiger partial charge in [-0.25, -0.2) is 0 Å². The standard InChI is InChI=1S/C14H22N2O2/c1-15-14(10-6-7-16-9-10)12-5-4-11(17-2)8-13(12)18-3/h4-5,8,10,14-16H,6-7,9H2,1-3H3. The summed E-state index contributed by atoms with van der Waals surface area (Å²) in [6.45, 7) is 2.15. The summed E-state index contributed by atoms with van der Waals surface area (Å²) in [6.07, 6.45) is 1.20. The summed E-state index contributed by atoms with van der Waals surface area (Å²) in [6, 6.07) is 6.35. The minimum Gasteiger partial charge on any atom is -0.497 e. The number of hydrogen-bond donors (Lipinski definition) is 2. The van der Waals surface area contributed by atoms with Gasteiger partial charge < -0.3 is 20.1 Å². The van der Waals surface area contributed by atoms with E-state index in [1.165, 1.54) is 12.0 Å². The smallest absolute Gasteiger partial charge is 0.127 e. The van der Waals surface area contributed by atoms with Crippen molar-refractivity contribution in [3.05, 3.63) is 23.8 Å². The summed E-state index contributed by atoms with van der Waals surface area (Å²) in [5, 5.41) is 6.82. The van der Waals surface area contributed by atoms with Gasteiger partial charge in [0.05, 0.1) is 14.2 Å². The Kier molecular flexibility index (Phi) is 4.44. The number of hydrogen-bond acceptors (Lipinski definition) is 4. The van der Waals surface area contributed by atoms with Crippen molar-refractivity contribution >= 4 is 0 Å². The highest BCUT2D eigenvalue weighted by molar-refractivity contribution is 5.42. The van der Waals surface area contributed by atoms with Crippen molar-refractivity contribution in [2.24, 2.45) is 5.92 Å². The van der Waals surface area contributed by atoms with Crippen LogP contribution in [0.4, 0.5) is 0 Å². The molecule has 0 radical (unpaired) electrons. The van der Waals surface area contributed by atoms with E-state index in [2.05, 4.69) is 16.7 Å². The zero-order valence-electron chi connectivity index (χ0n) is 11.3. The Balaban J connectivity index is 2.28. The Morgan fingerprint density at radius 2 is 2.17 bits per heavy atom. The summed E-state index contributed by atoms with van der Waals surface area (Å²) in [7, 11) is 5.38. The number of rotatable bonds is 5. The van der Waals surface area contributed by atoms with Gasteiger partial charge in [0.25, 0.3) is 0 Å². The van der Waals surface area contributed by atoms with Crippen molar-refractivity contribution in [3.8, 4) is 11.5 Å². The first kappa shape index (κ1) is 13.2. The minimum atomic E-state index is 0.320. The zero-order chi connectivity index (χ0) is 13.0. The topological polar surface area (TPSA) is 42.5 Å². The van der Waals surface area contributed by atoms with Gasteiger partial charge in [-0.2, -0.15) is 0 Å². The van der Waals surface area contributed by atoms with Crippen molar-refractivity contribution in [2.45, 2.75) is 12.5 Å². The van der Waals surface area contributed by atoms with Crippen LogP contribution < -0.4 is 20.1 Å². The van der Waals surface area contributed by atoms with Crippen molar-refractivity contribution in [1.82, 2.24) is 10.6 Å². The normalized spacial score (nSPS) is 20.7. The SMILES string of the molecule is CNC(c1ccc(OC)cc1OC)C1CCNC1. The Morgan fingerprint density at radius 1 is 1.33 bits per heavy atom. The van der Waals surface area contributed by atoms with Gasteiger partial charge in [0, 0.05) is 17.7 Å². The average molecular weight is 250 g/mol. The molecular weight excluding hydrogens is 228 g/mol. The van der Waals surface area contributed by atoms with E-state index in [9.17, 15) is 0 Å². The molecule has 18 heavy (non-hydrogen) atoms. The molecule has 0 bridgehead atoms. The molecular formula is C14H22N2O2. The molecule has 4 heteroatoms. The molecule has 1 aromatic carbocycles. The minimum absolute atomic E-state index is 0.320. The van der Waals surface area contributed by atoms with Crippen LogP contribution in [0.2, 0.25) is 0 Å². The second-order valence-electron chi connectivity index (χ2n) is 4.63. The molecule has 1 aliphatic heterocycles. The summed E-state index contributed by atoms with van der Waals surface area (Å²) in [5.41, 5.74) is 1.20. The Bertz CT molecular complexity index is 389. The molecule has 0 aromatic heterocycles. The van der Waals surface area contributed by atoms with E-state index in [0.717, 1.165) is 24.6 Å². The fraction of sp³-hybridized carbons (Fsp3) is 0.571. The van der Waals surface area contributed by atoms with Crippen LogP contribution in [0, 0.1) is 5.92 Å². The molecule has 100 valence electrons.